The summed E-state index contributed by atoms with van der Waals surface area (Å²) in [5.41, 5.74) is 0.790. The van der Waals surface area contributed by atoms with E-state index in [0.717, 1.165) is 18.4 Å². The topological polar surface area (TPSA) is 53.2 Å². The third-order valence-electron chi connectivity index (χ3n) is 3.43. The zero-order valence-electron chi connectivity index (χ0n) is 10.1. The Morgan fingerprint density at radius 2 is 2.06 bits per heavy atom. The number of carbonyl (C=O) groups is 1. The Balaban J connectivity index is 2.09. The predicted molar refractivity (Wildman–Crippen MR) is 69.7 cm³/mol. The van der Waals surface area contributed by atoms with Crippen molar-refractivity contribution < 1.29 is 4.79 Å². The number of H-pyrrole nitrogens is 1. The summed E-state index contributed by atoms with van der Waals surface area (Å²) in [7, 11) is 1.76. The third-order valence-corrected chi connectivity index (χ3v) is 3.43. The van der Waals surface area contributed by atoms with Crippen molar-refractivity contribution in [2.45, 2.75) is 18.9 Å². The highest BCUT2D eigenvalue weighted by Gasteiger charge is 2.31. The van der Waals surface area contributed by atoms with Gasteiger partial charge < -0.3 is 9.88 Å². The van der Waals surface area contributed by atoms with Crippen molar-refractivity contribution in [2.24, 2.45) is 0 Å². The van der Waals surface area contributed by atoms with Gasteiger partial charge in [0.25, 0.3) is 5.91 Å². The SMILES string of the molecule is CN(C(=O)c1c[nH]c2ccccc2c1=O)C1CC1. The zero-order chi connectivity index (χ0) is 12.7. The summed E-state index contributed by atoms with van der Waals surface area (Å²) in [6, 6.07) is 7.54. The maximum absolute atomic E-state index is 12.2. The highest BCUT2D eigenvalue weighted by molar-refractivity contribution is 5.97. The Morgan fingerprint density at radius 3 is 2.78 bits per heavy atom. The summed E-state index contributed by atoms with van der Waals surface area (Å²) in [6.45, 7) is 0. The predicted octanol–water partition coefficient (Wildman–Crippen LogP) is 1.76. The molecule has 0 bridgehead atoms. The largest absolute Gasteiger partial charge is 0.360 e. The molecule has 2 aromatic rings. The van der Waals surface area contributed by atoms with Gasteiger partial charge in [0, 0.05) is 30.2 Å². The summed E-state index contributed by atoms with van der Waals surface area (Å²) >= 11 is 0. The molecule has 1 aromatic carbocycles. The Hall–Kier alpha value is -2.10. The second kappa shape index (κ2) is 3.98. The molecule has 1 aliphatic rings. The number of para-hydroxylation sites is 1. The van der Waals surface area contributed by atoms with Gasteiger partial charge in [-0.15, -0.1) is 0 Å². The lowest BCUT2D eigenvalue weighted by Crippen LogP contribution is -2.32. The first kappa shape index (κ1) is 11.0. The Kier molecular flexibility index (Phi) is 2.44. The van der Waals surface area contributed by atoms with Crippen LogP contribution in [0, 0.1) is 0 Å². The number of benzene rings is 1. The van der Waals surface area contributed by atoms with Crippen LogP contribution in [0.4, 0.5) is 0 Å². The molecule has 1 heterocycles. The van der Waals surface area contributed by atoms with E-state index in [-0.39, 0.29) is 16.9 Å². The average Bonchev–Trinajstić information content (AvgIpc) is 3.22. The third kappa shape index (κ3) is 1.70. The Morgan fingerprint density at radius 1 is 1.33 bits per heavy atom. The van der Waals surface area contributed by atoms with E-state index in [2.05, 4.69) is 4.98 Å². The number of rotatable bonds is 2. The summed E-state index contributed by atoms with van der Waals surface area (Å²) < 4.78 is 0. The number of nitrogens with one attached hydrogen (secondary N) is 1. The molecule has 3 rings (SSSR count). The van der Waals surface area contributed by atoms with Crippen LogP contribution >= 0.6 is 0 Å². The molecule has 4 heteroatoms. The lowest BCUT2D eigenvalue weighted by Gasteiger charge is -2.15. The van der Waals surface area contributed by atoms with Crippen molar-refractivity contribution in [3.8, 4) is 0 Å². The molecule has 1 N–H and O–H groups in total. The number of hydrogen-bond donors (Lipinski definition) is 1. The van der Waals surface area contributed by atoms with Crippen molar-refractivity contribution in [3.63, 3.8) is 0 Å². The smallest absolute Gasteiger partial charge is 0.259 e. The van der Waals surface area contributed by atoms with E-state index in [9.17, 15) is 9.59 Å². The highest BCUT2D eigenvalue weighted by atomic mass is 16.2. The molecule has 1 fully saturated rings. The maximum Gasteiger partial charge on any atom is 0.259 e. The second-order valence-electron chi connectivity index (χ2n) is 4.72. The first-order valence-corrected chi connectivity index (χ1v) is 6.06. The van der Waals surface area contributed by atoms with E-state index < -0.39 is 0 Å². The number of nitrogens with zero attached hydrogens (tertiary/aromatic N) is 1. The van der Waals surface area contributed by atoms with E-state index in [1.54, 1.807) is 24.1 Å². The molecule has 92 valence electrons. The fourth-order valence-corrected chi connectivity index (χ4v) is 2.14. The van der Waals surface area contributed by atoms with Crippen LogP contribution in [0.1, 0.15) is 23.2 Å². The van der Waals surface area contributed by atoms with Crippen LogP contribution in [0.15, 0.2) is 35.3 Å². The van der Waals surface area contributed by atoms with E-state index in [1.165, 1.54) is 6.20 Å². The summed E-state index contributed by atoms with van der Waals surface area (Å²) in [5.74, 6) is -0.190. The number of carbonyl (C=O) groups excluding carboxylic acids is 1. The van der Waals surface area contributed by atoms with E-state index in [0.29, 0.717) is 11.4 Å². The standard InChI is InChI=1S/C14H14N2O2/c1-16(9-6-7-9)14(18)11-8-15-12-5-3-2-4-10(12)13(11)17/h2-5,8-9H,6-7H2,1H3,(H,15,17). The molecule has 0 saturated heterocycles. The van der Waals surface area contributed by atoms with E-state index in [1.807, 2.05) is 12.1 Å². The zero-order valence-corrected chi connectivity index (χ0v) is 10.1. The summed E-state index contributed by atoms with van der Waals surface area (Å²) in [4.78, 5) is 29.1. The Labute approximate surface area is 104 Å². The Bertz CT molecular complexity index is 671. The number of amides is 1. The van der Waals surface area contributed by atoms with Gasteiger partial charge in [-0.3, -0.25) is 9.59 Å². The summed E-state index contributed by atoms with van der Waals surface area (Å²) in [5, 5.41) is 0.563. The lowest BCUT2D eigenvalue weighted by atomic mass is 10.1. The molecule has 0 radical (unpaired) electrons. The van der Waals surface area contributed by atoms with Gasteiger partial charge in [-0.05, 0) is 25.0 Å². The maximum atomic E-state index is 12.2. The van der Waals surface area contributed by atoms with Crippen molar-refractivity contribution >= 4 is 16.8 Å². The number of aromatic amines is 1. The number of hydrogen-bond acceptors (Lipinski definition) is 2. The molecule has 0 unspecified atom stereocenters. The lowest BCUT2D eigenvalue weighted by molar-refractivity contribution is 0.0783. The molecule has 1 aromatic heterocycles. The first-order valence-electron chi connectivity index (χ1n) is 6.06. The van der Waals surface area contributed by atoms with Crippen LogP contribution in [0.5, 0.6) is 0 Å². The quantitative estimate of drug-likeness (QED) is 0.872. The van der Waals surface area contributed by atoms with Crippen molar-refractivity contribution in [1.82, 2.24) is 9.88 Å². The molecular formula is C14H14N2O2. The second-order valence-corrected chi connectivity index (χ2v) is 4.72. The van der Waals surface area contributed by atoms with Gasteiger partial charge in [-0.25, -0.2) is 0 Å². The molecule has 18 heavy (non-hydrogen) atoms. The number of pyridine rings is 1. The number of fused-ring (bicyclic) bond motifs is 1. The molecule has 4 nitrogen and oxygen atoms in total. The van der Waals surface area contributed by atoms with Gasteiger partial charge in [-0.2, -0.15) is 0 Å². The summed E-state index contributed by atoms with van der Waals surface area (Å²) in [6.07, 6.45) is 3.59. The van der Waals surface area contributed by atoms with Crippen LogP contribution < -0.4 is 5.43 Å². The first-order chi connectivity index (χ1) is 8.68. The van der Waals surface area contributed by atoms with Gasteiger partial charge in [0.05, 0.1) is 0 Å². The molecule has 1 aliphatic carbocycles. The van der Waals surface area contributed by atoms with Crippen molar-refractivity contribution in [2.75, 3.05) is 7.05 Å². The van der Waals surface area contributed by atoms with Gasteiger partial charge in [0.2, 0.25) is 5.43 Å². The number of aromatic nitrogens is 1. The van der Waals surface area contributed by atoms with Gasteiger partial charge in [-0.1, -0.05) is 12.1 Å². The van der Waals surface area contributed by atoms with Crippen molar-refractivity contribution in [3.05, 3.63) is 46.2 Å². The molecule has 1 saturated carbocycles. The molecular weight excluding hydrogens is 228 g/mol. The van der Waals surface area contributed by atoms with E-state index >= 15 is 0 Å². The van der Waals surface area contributed by atoms with Crippen LogP contribution in [-0.2, 0) is 0 Å². The monoisotopic (exact) mass is 242 g/mol. The fraction of sp³-hybridized carbons (Fsp3) is 0.286. The minimum absolute atomic E-state index is 0.190. The molecule has 1 amide bonds. The van der Waals surface area contributed by atoms with Gasteiger partial charge in [0.1, 0.15) is 5.56 Å². The molecule has 0 atom stereocenters. The van der Waals surface area contributed by atoms with Gasteiger partial charge >= 0.3 is 0 Å². The van der Waals surface area contributed by atoms with Crippen LogP contribution in [0.2, 0.25) is 0 Å². The van der Waals surface area contributed by atoms with Crippen molar-refractivity contribution in [1.29, 1.82) is 0 Å². The minimum atomic E-state index is -0.193. The highest BCUT2D eigenvalue weighted by Crippen LogP contribution is 2.26. The van der Waals surface area contributed by atoms with Gasteiger partial charge in [0.15, 0.2) is 0 Å². The fourth-order valence-electron chi connectivity index (χ4n) is 2.14. The van der Waals surface area contributed by atoms with Crippen LogP contribution in [0.3, 0.4) is 0 Å². The molecule has 0 spiro atoms. The van der Waals surface area contributed by atoms with Crippen LogP contribution in [-0.4, -0.2) is 28.9 Å². The van der Waals surface area contributed by atoms with E-state index in [4.69, 9.17) is 0 Å². The normalized spacial score (nSPS) is 14.7. The average molecular weight is 242 g/mol. The molecule has 0 aliphatic heterocycles. The van der Waals surface area contributed by atoms with Crippen LogP contribution in [0.25, 0.3) is 10.9 Å². The minimum Gasteiger partial charge on any atom is -0.360 e.